The molecule has 5 heteroatoms. The number of para-hydroxylation sites is 2. The largest absolute Gasteiger partial charge is 0.337 e. The molecule has 1 fully saturated rings. The number of aromatic nitrogens is 2. The Bertz CT molecular complexity index is 934. The molecule has 1 aliphatic heterocycles. The van der Waals surface area contributed by atoms with Gasteiger partial charge in [-0.05, 0) is 50.0 Å². The molecule has 1 aliphatic rings. The van der Waals surface area contributed by atoms with Crippen LogP contribution in [0, 0.1) is 0 Å². The maximum absolute atomic E-state index is 13.1. The number of likely N-dealkylation sites (N-methyl/N-ethyl adjacent to an activating group) is 1. The summed E-state index contributed by atoms with van der Waals surface area (Å²) in [5.74, 6) is 1.21. The van der Waals surface area contributed by atoms with Crippen molar-refractivity contribution in [2.24, 2.45) is 0 Å². The maximum Gasteiger partial charge on any atom is 0.327 e. The van der Waals surface area contributed by atoms with Crippen LogP contribution >= 0.6 is 0 Å². The van der Waals surface area contributed by atoms with Crippen LogP contribution in [0.2, 0.25) is 0 Å². The van der Waals surface area contributed by atoms with E-state index in [1.165, 1.54) is 5.56 Å². The lowest BCUT2D eigenvalue weighted by Crippen LogP contribution is -2.31. The van der Waals surface area contributed by atoms with Crippen LogP contribution in [0.3, 0.4) is 0 Å². The van der Waals surface area contributed by atoms with Gasteiger partial charge in [-0.2, -0.15) is 0 Å². The number of amides is 1. The maximum atomic E-state index is 13.1. The second kappa shape index (κ2) is 8.57. The minimum absolute atomic E-state index is 0.0632. The van der Waals surface area contributed by atoms with Gasteiger partial charge in [0.1, 0.15) is 5.82 Å². The fourth-order valence-corrected chi connectivity index (χ4v) is 4.07. The molecule has 1 N–H and O–H groups in total. The minimum atomic E-state index is -0.0632. The highest BCUT2D eigenvalue weighted by Crippen LogP contribution is 2.29. The van der Waals surface area contributed by atoms with E-state index in [1.807, 2.05) is 34.9 Å². The smallest absolute Gasteiger partial charge is 0.327 e. The number of carbonyl (C=O) groups is 1. The molecule has 5 nitrogen and oxygen atoms in total. The van der Waals surface area contributed by atoms with E-state index in [-0.39, 0.29) is 6.03 Å². The van der Waals surface area contributed by atoms with Gasteiger partial charge in [0, 0.05) is 19.0 Å². The highest BCUT2D eigenvalue weighted by atomic mass is 16.2. The second-order valence-electron chi connectivity index (χ2n) is 7.49. The number of nitrogens with zero attached hydrogens (tertiary/aromatic N) is 3. The molecule has 0 saturated carbocycles. The van der Waals surface area contributed by atoms with Crippen molar-refractivity contribution < 1.29 is 4.79 Å². The van der Waals surface area contributed by atoms with E-state index in [9.17, 15) is 4.79 Å². The average molecular weight is 377 g/mol. The Labute approximate surface area is 166 Å². The molecular formula is C23H28N4O. The van der Waals surface area contributed by atoms with Crippen LogP contribution in [0.25, 0.3) is 11.0 Å². The van der Waals surface area contributed by atoms with Crippen molar-refractivity contribution in [1.29, 1.82) is 0 Å². The summed E-state index contributed by atoms with van der Waals surface area (Å²) >= 11 is 0. The van der Waals surface area contributed by atoms with Gasteiger partial charge in [0.25, 0.3) is 0 Å². The first-order valence-corrected chi connectivity index (χ1v) is 10.3. The molecule has 3 aromatic rings. The van der Waals surface area contributed by atoms with Gasteiger partial charge in [-0.15, -0.1) is 0 Å². The number of benzene rings is 2. The third-order valence-corrected chi connectivity index (χ3v) is 5.64. The predicted octanol–water partition coefficient (Wildman–Crippen LogP) is 4.04. The van der Waals surface area contributed by atoms with Crippen LogP contribution in [0.5, 0.6) is 0 Å². The van der Waals surface area contributed by atoms with Crippen LogP contribution in [-0.4, -0.2) is 46.7 Å². The Kier molecular flexibility index (Phi) is 5.72. The summed E-state index contributed by atoms with van der Waals surface area (Å²) in [6, 6.07) is 18.3. The highest BCUT2D eigenvalue weighted by molar-refractivity contribution is 5.90. The fraction of sp³-hybridized carbons (Fsp3) is 0.391. The Hall–Kier alpha value is -2.66. The fourth-order valence-electron chi connectivity index (χ4n) is 4.07. The molecule has 1 atom stereocenters. The van der Waals surface area contributed by atoms with Gasteiger partial charge in [-0.1, -0.05) is 49.4 Å². The quantitative estimate of drug-likeness (QED) is 0.661. The number of nitrogens with one attached hydrogen (secondary N) is 1. The van der Waals surface area contributed by atoms with Crippen molar-refractivity contribution in [2.45, 2.75) is 32.1 Å². The summed E-state index contributed by atoms with van der Waals surface area (Å²) in [5.41, 5.74) is 3.09. The zero-order valence-corrected chi connectivity index (χ0v) is 16.5. The number of aryl methyl sites for hydroxylation is 1. The molecule has 146 valence electrons. The van der Waals surface area contributed by atoms with E-state index in [0.717, 1.165) is 55.8 Å². The lowest BCUT2D eigenvalue weighted by Gasteiger charge is -2.15. The number of likely N-dealkylation sites (tertiary alicyclic amines) is 1. The van der Waals surface area contributed by atoms with Crippen molar-refractivity contribution in [3.05, 3.63) is 66.0 Å². The molecule has 2 aromatic carbocycles. The predicted molar refractivity (Wildman–Crippen MR) is 113 cm³/mol. The highest BCUT2D eigenvalue weighted by Gasteiger charge is 2.29. The molecule has 0 aliphatic carbocycles. The molecule has 1 unspecified atom stereocenters. The van der Waals surface area contributed by atoms with Gasteiger partial charge >= 0.3 is 6.03 Å². The first-order chi connectivity index (χ1) is 13.8. The molecular weight excluding hydrogens is 348 g/mol. The third kappa shape index (κ3) is 3.94. The molecule has 2 heterocycles. The number of hydrogen-bond donors (Lipinski definition) is 1. The topological polar surface area (TPSA) is 50.2 Å². The number of fused-ring (bicyclic) bond motifs is 1. The summed E-state index contributed by atoms with van der Waals surface area (Å²) in [6.07, 6.45) is 2.94. The van der Waals surface area contributed by atoms with Gasteiger partial charge < -0.3 is 10.2 Å². The third-order valence-electron chi connectivity index (χ3n) is 5.64. The molecule has 0 spiro atoms. The summed E-state index contributed by atoms with van der Waals surface area (Å²) in [7, 11) is 0. The van der Waals surface area contributed by atoms with E-state index in [4.69, 9.17) is 4.98 Å². The monoisotopic (exact) mass is 376 g/mol. The van der Waals surface area contributed by atoms with E-state index in [1.54, 1.807) is 0 Å². The van der Waals surface area contributed by atoms with Gasteiger partial charge in [0.05, 0.1) is 11.0 Å². The van der Waals surface area contributed by atoms with E-state index in [2.05, 4.69) is 41.4 Å². The zero-order chi connectivity index (χ0) is 19.3. The van der Waals surface area contributed by atoms with Crippen LogP contribution < -0.4 is 5.32 Å². The summed E-state index contributed by atoms with van der Waals surface area (Å²) in [5, 5.41) is 3.11. The molecule has 4 rings (SSSR count). The molecule has 1 amide bonds. The Morgan fingerprint density at radius 3 is 2.71 bits per heavy atom. The Balaban J connectivity index is 1.48. The molecule has 1 aromatic heterocycles. The van der Waals surface area contributed by atoms with Crippen molar-refractivity contribution in [2.75, 3.05) is 26.2 Å². The van der Waals surface area contributed by atoms with Crippen LogP contribution in [0.1, 0.15) is 37.1 Å². The van der Waals surface area contributed by atoms with Crippen LogP contribution in [0.15, 0.2) is 54.6 Å². The standard InChI is InChI=1S/C23H28N4O/c1-2-26-16-14-19(17-26)22-25-20-12-6-7-13-21(20)27(22)23(28)24-15-8-11-18-9-4-3-5-10-18/h3-7,9-10,12-13,19H,2,8,11,14-17H2,1H3,(H,24,28). The normalized spacial score (nSPS) is 17.2. The zero-order valence-electron chi connectivity index (χ0n) is 16.5. The second-order valence-corrected chi connectivity index (χ2v) is 7.49. The van der Waals surface area contributed by atoms with Gasteiger partial charge in [-0.3, -0.25) is 0 Å². The van der Waals surface area contributed by atoms with Gasteiger partial charge in [-0.25, -0.2) is 14.3 Å². The number of imidazole rings is 1. The van der Waals surface area contributed by atoms with E-state index in [0.29, 0.717) is 12.5 Å². The van der Waals surface area contributed by atoms with Gasteiger partial charge in [0.15, 0.2) is 0 Å². The Morgan fingerprint density at radius 1 is 1.14 bits per heavy atom. The number of rotatable bonds is 6. The first-order valence-electron chi connectivity index (χ1n) is 10.3. The van der Waals surface area contributed by atoms with Crippen molar-refractivity contribution in [1.82, 2.24) is 19.8 Å². The molecule has 0 radical (unpaired) electrons. The lowest BCUT2D eigenvalue weighted by molar-refractivity contribution is 0.242. The Morgan fingerprint density at radius 2 is 1.93 bits per heavy atom. The minimum Gasteiger partial charge on any atom is -0.337 e. The molecule has 28 heavy (non-hydrogen) atoms. The summed E-state index contributed by atoms with van der Waals surface area (Å²) < 4.78 is 1.81. The molecule has 1 saturated heterocycles. The van der Waals surface area contributed by atoms with Gasteiger partial charge in [0.2, 0.25) is 0 Å². The van der Waals surface area contributed by atoms with E-state index < -0.39 is 0 Å². The first kappa shape index (κ1) is 18.7. The number of hydrogen-bond acceptors (Lipinski definition) is 3. The lowest BCUT2D eigenvalue weighted by atomic mass is 10.1. The summed E-state index contributed by atoms with van der Waals surface area (Å²) in [4.78, 5) is 20.3. The van der Waals surface area contributed by atoms with Crippen molar-refractivity contribution in [3.63, 3.8) is 0 Å². The van der Waals surface area contributed by atoms with Crippen molar-refractivity contribution in [3.8, 4) is 0 Å². The van der Waals surface area contributed by atoms with Crippen LogP contribution in [-0.2, 0) is 6.42 Å². The summed E-state index contributed by atoms with van der Waals surface area (Å²) in [6.45, 7) is 5.93. The molecule has 0 bridgehead atoms. The van der Waals surface area contributed by atoms with E-state index >= 15 is 0 Å². The SMILES string of the molecule is CCN1CCC(c2nc3ccccc3n2C(=O)NCCCc2ccccc2)C1. The number of carbonyl (C=O) groups excluding carboxylic acids is 1. The van der Waals surface area contributed by atoms with Crippen molar-refractivity contribution >= 4 is 17.1 Å². The average Bonchev–Trinajstić information content (AvgIpc) is 3.36. The van der Waals surface area contributed by atoms with Crippen LogP contribution in [0.4, 0.5) is 4.79 Å².